The molecule has 3 heterocycles. The van der Waals surface area contributed by atoms with Crippen molar-refractivity contribution in [2.75, 3.05) is 18.4 Å². The van der Waals surface area contributed by atoms with Gasteiger partial charge >= 0.3 is 0 Å². The van der Waals surface area contributed by atoms with E-state index < -0.39 is 0 Å². The van der Waals surface area contributed by atoms with Crippen molar-refractivity contribution in [1.82, 2.24) is 20.1 Å². The number of nitrogens with zero attached hydrogens (tertiary/aromatic N) is 4. The van der Waals surface area contributed by atoms with Crippen LogP contribution in [-0.4, -0.2) is 39.2 Å². The van der Waals surface area contributed by atoms with Crippen LogP contribution in [0, 0.1) is 6.92 Å². The third-order valence-electron chi connectivity index (χ3n) is 4.73. The molecular formula is C20H23N5O. The van der Waals surface area contributed by atoms with Gasteiger partial charge in [-0.15, -0.1) is 10.2 Å². The Balaban J connectivity index is 1.37. The highest BCUT2D eigenvalue weighted by Gasteiger charge is 2.26. The number of benzene rings is 1. The van der Waals surface area contributed by atoms with Crippen molar-refractivity contribution in [3.8, 4) is 11.5 Å². The van der Waals surface area contributed by atoms with Crippen LogP contribution in [0.4, 0.5) is 5.82 Å². The van der Waals surface area contributed by atoms with Gasteiger partial charge in [-0.1, -0.05) is 24.3 Å². The summed E-state index contributed by atoms with van der Waals surface area (Å²) >= 11 is 0. The zero-order valence-corrected chi connectivity index (χ0v) is 14.9. The van der Waals surface area contributed by atoms with Crippen LogP contribution < -0.4 is 5.32 Å². The number of pyridine rings is 1. The number of nitrogens with one attached hydrogen (secondary N) is 1. The van der Waals surface area contributed by atoms with Crippen molar-refractivity contribution in [2.45, 2.75) is 32.4 Å². The average molecular weight is 349 g/mol. The fraction of sp³-hybridized carbons (Fsp3) is 0.350. The minimum Gasteiger partial charge on any atom is -0.419 e. The van der Waals surface area contributed by atoms with Crippen LogP contribution in [0.15, 0.2) is 52.9 Å². The van der Waals surface area contributed by atoms with Crippen molar-refractivity contribution in [3.63, 3.8) is 0 Å². The van der Waals surface area contributed by atoms with Gasteiger partial charge in [-0.3, -0.25) is 4.90 Å². The van der Waals surface area contributed by atoms with Gasteiger partial charge < -0.3 is 9.73 Å². The van der Waals surface area contributed by atoms with E-state index in [0.29, 0.717) is 24.4 Å². The van der Waals surface area contributed by atoms with E-state index in [-0.39, 0.29) is 0 Å². The molecule has 6 heteroatoms. The van der Waals surface area contributed by atoms with E-state index in [1.165, 1.54) is 12.8 Å². The summed E-state index contributed by atoms with van der Waals surface area (Å²) in [6.07, 6.45) is 2.35. The average Bonchev–Trinajstić information content (AvgIpc) is 3.31. The molecule has 6 nitrogen and oxygen atoms in total. The minimum absolute atomic E-state index is 0.449. The molecule has 0 aliphatic carbocycles. The lowest BCUT2D eigenvalue weighted by Crippen LogP contribution is -2.34. The Kier molecular flexibility index (Phi) is 4.93. The smallest absolute Gasteiger partial charge is 0.247 e. The number of rotatable bonds is 6. The first-order valence-corrected chi connectivity index (χ1v) is 9.07. The molecule has 0 radical (unpaired) electrons. The summed E-state index contributed by atoms with van der Waals surface area (Å²) in [5.41, 5.74) is 1.98. The van der Waals surface area contributed by atoms with Crippen molar-refractivity contribution in [2.24, 2.45) is 0 Å². The Morgan fingerprint density at radius 2 is 2.00 bits per heavy atom. The second kappa shape index (κ2) is 7.66. The molecule has 4 rings (SSSR count). The first-order valence-electron chi connectivity index (χ1n) is 9.07. The molecule has 1 aliphatic heterocycles. The van der Waals surface area contributed by atoms with Crippen LogP contribution >= 0.6 is 0 Å². The number of hydrogen-bond donors (Lipinski definition) is 1. The largest absolute Gasteiger partial charge is 0.419 e. The van der Waals surface area contributed by atoms with Crippen molar-refractivity contribution < 1.29 is 4.42 Å². The Morgan fingerprint density at radius 1 is 1.12 bits per heavy atom. The van der Waals surface area contributed by atoms with Crippen LogP contribution in [-0.2, 0) is 6.54 Å². The summed E-state index contributed by atoms with van der Waals surface area (Å²) in [4.78, 5) is 6.92. The van der Waals surface area contributed by atoms with Crippen LogP contribution in [0.5, 0.6) is 0 Å². The van der Waals surface area contributed by atoms with E-state index in [2.05, 4.69) is 25.4 Å². The molecular weight excluding hydrogens is 326 g/mol. The molecule has 3 aromatic rings. The lowest BCUT2D eigenvalue weighted by molar-refractivity contribution is 0.229. The minimum atomic E-state index is 0.449. The fourth-order valence-electron chi connectivity index (χ4n) is 3.39. The number of hydrogen-bond acceptors (Lipinski definition) is 6. The molecule has 0 amide bonds. The van der Waals surface area contributed by atoms with Gasteiger partial charge in [0.2, 0.25) is 11.8 Å². The number of aryl methyl sites for hydroxylation is 1. The van der Waals surface area contributed by atoms with E-state index in [9.17, 15) is 0 Å². The first-order chi connectivity index (χ1) is 12.8. The van der Waals surface area contributed by atoms with E-state index >= 15 is 0 Å². The summed E-state index contributed by atoms with van der Waals surface area (Å²) in [7, 11) is 0. The molecule has 1 N–H and O–H groups in total. The highest BCUT2D eigenvalue weighted by molar-refractivity contribution is 5.51. The number of anilines is 1. The van der Waals surface area contributed by atoms with Gasteiger partial charge in [0.1, 0.15) is 5.82 Å². The van der Waals surface area contributed by atoms with E-state index in [1.54, 1.807) is 0 Å². The summed E-state index contributed by atoms with van der Waals surface area (Å²) in [5, 5.41) is 11.9. The molecule has 0 saturated carbocycles. The van der Waals surface area contributed by atoms with Crippen LogP contribution in [0.2, 0.25) is 0 Å². The van der Waals surface area contributed by atoms with Crippen molar-refractivity contribution in [3.05, 3.63) is 60.1 Å². The van der Waals surface area contributed by atoms with E-state index in [1.807, 2.05) is 55.5 Å². The summed E-state index contributed by atoms with van der Waals surface area (Å²) in [6, 6.07) is 16.4. The maximum absolute atomic E-state index is 5.86. The van der Waals surface area contributed by atoms with Crippen molar-refractivity contribution >= 4 is 5.82 Å². The van der Waals surface area contributed by atoms with Gasteiger partial charge in [0.25, 0.3) is 0 Å². The Labute approximate surface area is 153 Å². The molecule has 0 spiro atoms. The van der Waals surface area contributed by atoms with Gasteiger partial charge in [-0.05, 0) is 50.6 Å². The summed E-state index contributed by atoms with van der Waals surface area (Å²) < 4.78 is 5.86. The third-order valence-corrected chi connectivity index (χ3v) is 4.73. The van der Waals surface area contributed by atoms with E-state index in [4.69, 9.17) is 4.42 Å². The molecule has 0 bridgehead atoms. The maximum atomic E-state index is 5.86. The van der Waals surface area contributed by atoms with Crippen LogP contribution in [0.25, 0.3) is 11.5 Å². The van der Waals surface area contributed by atoms with Gasteiger partial charge in [0.15, 0.2) is 0 Å². The van der Waals surface area contributed by atoms with Crippen LogP contribution in [0.3, 0.4) is 0 Å². The van der Waals surface area contributed by atoms with E-state index in [0.717, 1.165) is 30.2 Å². The first kappa shape index (κ1) is 16.7. The van der Waals surface area contributed by atoms with Crippen LogP contribution in [0.1, 0.15) is 24.4 Å². The molecule has 1 aromatic carbocycles. The fourth-order valence-corrected chi connectivity index (χ4v) is 3.39. The molecule has 1 aliphatic rings. The molecule has 0 unspecified atom stereocenters. The predicted octanol–water partition coefficient (Wildman–Crippen LogP) is 3.52. The normalized spacial score (nSPS) is 17.5. The molecule has 1 atom stereocenters. The number of likely N-dealkylation sites (tertiary alicyclic amines) is 1. The quantitative estimate of drug-likeness (QED) is 0.734. The Bertz CT molecular complexity index is 848. The topological polar surface area (TPSA) is 67.1 Å². The lowest BCUT2D eigenvalue weighted by atomic mass is 10.2. The lowest BCUT2D eigenvalue weighted by Gasteiger charge is -2.23. The number of aromatic nitrogens is 3. The summed E-state index contributed by atoms with van der Waals surface area (Å²) in [6.45, 7) is 4.62. The van der Waals surface area contributed by atoms with Gasteiger partial charge in [0.05, 0.1) is 6.54 Å². The highest BCUT2D eigenvalue weighted by Crippen LogP contribution is 2.22. The molecule has 1 fully saturated rings. The van der Waals surface area contributed by atoms with Gasteiger partial charge in [-0.2, -0.15) is 0 Å². The molecule has 134 valence electrons. The Hall–Kier alpha value is -2.73. The standard InChI is InChI=1S/C20H23N5O/c1-15-7-5-11-18(22-15)21-13-17-10-6-12-25(17)14-19-23-24-20(26-19)16-8-3-2-4-9-16/h2-5,7-9,11,17H,6,10,12-14H2,1H3,(H,21,22)/t17-/m0/s1. The summed E-state index contributed by atoms with van der Waals surface area (Å²) in [5.74, 6) is 2.18. The second-order valence-electron chi connectivity index (χ2n) is 6.68. The molecule has 2 aromatic heterocycles. The zero-order chi connectivity index (χ0) is 17.8. The maximum Gasteiger partial charge on any atom is 0.247 e. The molecule has 26 heavy (non-hydrogen) atoms. The zero-order valence-electron chi connectivity index (χ0n) is 14.9. The monoisotopic (exact) mass is 349 g/mol. The van der Waals surface area contributed by atoms with Crippen molar-refractivity contribution in [1.29, 1.82) is 0 Å². The predicted molar refractivity (Wildman–Crippen MR) is 101 cm³/mol. The van der Waals surface area contributed by atoms with Gasteiger partial charge in [0, 0.05) is 23.8 Å². The second-order valence-corrected chi connectivity index (χ2v) is 6.68. The van der Waals surface area contributed by atoms with Gasteiger partial charge in [-0.25, -0.2) is 4.98 Å². The SMILES string of the molecule is Cc1cccc(NC[C@@H]2CCCN2Cc2nnc(-c3ccccc3)o2)n1. The third kappa shape index (κ3) is 3.91. The highest BCUT2D eigenvalue weighted by atomic mass is 16.4. The Morgan fingerprint density at radius 3 is 2.85 bits per heavy atom. The molecule has 1 saturated heterocycles.